The minimum absolute atomic E-state index is 0.0921. The molecule has 7 rings (SSSR count). The van der Waals surface area contributed by atoms with Crippen LogP contribution in [0.25, 0.3) is 56.0 Å². The van der Waals surface area contributed by atoms with Gasteiger partial charge < -0.3 is 25.5 Å². The zero-order valence-corrected chi connectivity index (χ0v) is 27.0. The largest absolute Gasteiger partial charge is 0.351 e. The van der Waals surface area contributed by atoms with E-state index in [0.29, 0.717) is 34.7 Å². The lowest BCUT2D eigenvalue weighted by molar-refractivity contribution is 0.0950. The number of anilines is 1. The first kappa shape index (κ1) is 31.1. The van der Waals surface area contributed by atoms with Gasteiger partial charge in [0.2, 0.25) is 0 Å². The molecule has 0 saturated carbocycles. The number of carbonyl (C=O) groups excluding carboxylic acids is 2. The van der Waals surface area contributed by atoms with Gasteiger partial charge in [0.05, 0.1) is 22.1 Å². The molecule has 0 aliphatic heterocycles. The van der Waals surface area contributed by atoms with Crippen molar-refractivity contribution in [3.8, 4) is 46.2 Å². The first-order valence-corrected chi connectivity index (χ1v) is 15.8. The number of amides is 2. The highest BCUT2D eigenvalue weighted by atomic mass is 16.2. The number of likely N-dealkylation sites (N-methyl/N-ethyl adjacent to an activating group) is 1. The Balaban J connectivity index is 1.06. The number of benzene rings is 5. The smallest absolute Gasteiger partial charge is 0.255 e. The fraction of sp³-hybridized carbons (Fsp3) is 0.100. The number of rotatable bonds is 9. The van der Waals surface area contributed by atoms with Crippen LogP contribution in [-0.2, 0) is 0 Å². The average molecular weight is 644 g/mol. The summed E-state index contributed by atoms with van der Waals surface area (Å²) >= 11 is 0. The number of terminal acetylenes is 1. The number of fused-ring (bicyclic) bond motifs is 2. The number of hydrogen-bond acceptors (Lipinski definition) is 5. The molecule has 9 heteroatoms. The van der Waals surface area contributed by atoms with Gasteiger partial charge in [0.15, 0.2) is 0 Å². The third kappa shape index (κ3) is 6.81. The lowest BCUT2D eigenvalue weighted by Gasteiger charge is -2.10. The van der Waals surface area contributed by atoms with E-state index in [2.05, 4.69) is 50.8 Å². The molecular weight excluding hydrogens is 610 g/mol. The van der Waals surface area contributed by atoms with Crippen LogP contribution in [0.5, 0.6) is 0 Å². The van der Waals surface area contributed by atoms with Crippen molar-refractivity contribution in [3.05, 3.63) is 126 Å². The number of nitrogens with zero attached hydrogens (tertiary/aromatic N) is 3. The molecule has 0 fully saturated rings. The average Bonchev–Trinajstić information content (AvgIpc) is 3.75. The number of nitrogens with one attached hydrogen (secondary N) is 4. The van der Waals surface area contributed by atoms with Crippen molar-refractivity contribution in [2.75, 3.05) is 32.5 Å². The number of aromatic amines is 2. The zero-order valence-electron chi connectivity index (χ0n) is 27.0. The van der Waals surface area contributed by atoms with Gasteiger partial charge in [-0.2, -0.15) is 0 Å². The van der Waals surface area contributed by atoms with Gasteiger partial charge in [-0.05, 0) is 92.0 Å². The molecule has 0 aliphatic rings. The number of carbonyl (C=O) groups is 2. The molecule has 4 N–H and O–H groups in total. The first-order chi connectivity index (χ1) is 23.8. The van der Waals surface area contributed by atoms with Gasteiger partial charge in [0.1, 0.15) is 11.6 Å². The van der Waals surface area contributed by atoms with Gasteiger partial charge in [-0.25, -0.2) is 9.97 Å². The Kier molecular flexibility index (Phi) is 8.46. The Hall–Kier alpha value is -6.50. The second-order valence-electron chi connectivity index (χ2n) is 12.0. The SMILES string of the molecule is C#Cc1cccc(NC(=O)c2ccc(-c3nc4cc(-c5ccc6[nH]c(-c7ccc(C(=O)NCCN(C)C)cc7)nc6c5)ccc4[nH]3)cc2)c1. The van der Waals surface area contributed by atoms with Crippen molar-refractivity contribution in [2.45, 2.75) is 0 Å². The van der Waals surface area contributed by atoms with E-state index in [1.807, 2.05) is 79.7 Å². The van der Waals surface area contributed by atoms with Gasteiger partial charge in [0.25, 0.3) is 11.8 Å². The van der Waals surface area contributed by atoms with E-state index in [1.54, 1.807) is 24.3 Å². The predicted octanol–water partition coefficient (Wildman–Crippen LogP) is 6.97. The molecule has 2 aromatic heterocycles. The first-order valence-electron chi connectivity index (χ1n) is 15.8. The molecule has 0 bridgehead atoms. The monoisotopic (exact) mass is 643 g/mol. The van der Waals surface area contributed by atoms with Crippen LogP contribution >= 0.6 is 0 Å². The maximum atomic E-state index is 12.8. The van der Waals surface area contributed by atoms with Crippen molar-refractivity contribution >= 4 is 39.6 Å². The Morgan fingerprint density at radius 3 is 1.76 bits per heavy atom. The van der Waals surface area contributed by atoms with Crippen molar-refractivity contribution in [1.29, 1.82) is 0 Å². The maximum Gasteiger partial charge on any atom is 0.255 e. The Morgan fingerprint density at radius 1 is 0.694 bits per heavy atom. The van der Waals surface area contributed by atoms with E-state index in [-0.39, 0.29) is 11.8 Å². The van der Waals surface area contributed by atoms with Crippen LogP contribution in [0.1, 0.15) is 26.3 Å². The highest BCUT2D eigenvalue weighted by molar-refractivity contribution is 6.04. The normalized spacial score (nSPS) is 11.1. The van der Waals surface area contributed by atoms with Crippen molar-refractivity contribution in [1.82, 2.24) is 30.2 Å². The van der Waals surface area contributed by atoms with E-state index in [0.717, 1.165) is 56.7 Å². The Morgan fingerprint density at radius 2 is 1.22 bits per heavy atom. The highest BCUT2D eigenvalue weighted by Gasteiger charge is 2.13. The second kappa shape index (κ2) is 13.3. The van der Waals surface area contributed by atoms with Crippen LogP contribution in [0, 0.1) is 12.3 Å². The molecule has 2 heterocycles. The number of hydrogen-bond donors (Lipinski definition) is 4. The minimum Gasteiger partial charge on any atom is -0.351 e. The molecule has 0 saturated heterocycles. The number of imidazole rings is 2. The molecule has 0 radical (unpaired) electrons. The van der Waals surface area contributed by atoms with Gasteiger partial charge in [0, 0.05) is 46.6 Å². The van der Waals surface area contributed by atoms with Crippen LogP contribution in [-0.4, -0.2) is 63.8 Å². The van der Waals surface area contributed by atoms with E-state index < -0.39 is 0 Å². The molecule has 240 valence electrons. The summed E-state index contributed by atoms with van der Waals surface area (Å²) in [5.41, 5.74) is 9.79. The van der Waals surface area contributed by atoms with Crippen LogP contribution < -0.4 is 10.6 Å². The molecule has 2 amide bonds. The van der Waals surface area contributed by atoms with Crippen LogP contribution in [0.4, 0.5) is 5.69 Å². The summed E-state index contributed by atoms with van der Waals surface area (Å²) in [6.45, 7) is 1.37. The summed E-state index contributed by atoms with van der Waals surface area (Å²) in [7, 11) is 3.95. The number of H-pyrrole nitrogens is 2. The molecule has 0 aliphatic carbocycles. The zero-order chi connectivity index (χ0) is 33.9. The van der Waals surface area contributed by atoms with E-state index in [1.165, 1.54) is 0 Å². The summed E-state index contributed by atoms with van der Waals surface area (Å²) in [6.07, 6.45) is 5.48. The van der Waals surface area contributed by atoms with Crippen molar-refractivity contribution in [3.63, 3.8) is 0 Å². The van der Waals surface area contributed by atoms with E-state index >= 15 is 0 Å². The molecule has 9 nitrogen and oxygen atoms in total. The lowest BCUT2D eigenvalue weighted by Crippen LogP contribution is -2.31. The van der Waals surface area contributed by atoms with E-state index in [9.17, 15) is 9.59 Å². The van der Waals surface area contributed by atoms with Crippen molar-refractivity contribution < 1.29 is 9.59 Å². The Labute approximate surface area is 283 Å². The standard InChI is InChI=1S/C40H33N7O2/c1-4-25-6-5-7-32(22-25)42-40(49)29-14-10-27(11-15-29)38-44-34-19-17-31(24-36(34)46-38)30-16-18-33-35(23-30)45-37(43-33)26-8-12-28(13-9-26)39(48)41-20-21-47(2)3/h1,5-19,22-24H,20-21H2,2-3H3,(H,41,48)(H,42,49)(H,43,45)(H,44,46). The fourth-order valence-electron chi connectivity index (χ4n) is 5.59. The molecule has 49 heavy (non-hydrogen) atoms. The quantitative estimate of drug-likeness (QED) is 0.127. The summed E-state index contributed by atoms with van der Waals surface area (Å²) in [5.74, 6) is 3.72. The van der Waals surface area contributed by atoms with Gasteiger partial charge in [-0.3, -0.25) is 9.59 Å². The van der Waals surface area contributed by atoms with Gasteiger partial charge in [-0.1, -0.05) is 48.4 Å². The highest BCUT2D eigenvalue weighted by Crippen LogP contribution is 2.29. The maximum absolute atomic E-state index is 12.8. The topological polar surface area (TPSA) is 119 Å². The summed E-state index contributed by atoms with van der Waals surface area (Å²) in [6, 6.07) is 34.2. The van der Waals surface area contributed by atoms with Gasteiger partial charge in [-0.15, -0.1) is 6.42 Å². The van der Waals surface area contributed by atoms with E-state index in [4.69, 9.17) is 16.4 Å². The van der Waals surface area contributed by atoms with Gasteiger partial charge >= 0.3 is 0 Å². The minimum atomic E-state index is -0.218. The predicted molar refractivity (Wildman–Crippen MR) is 195 cm³/mol. The number of aromatic nitrogens is 4. The van der Waals surface area contributed by atoms with Crippen molar-refractivity contribution in [2.24, 2.45) is 0 Å². The molecule has 0 spiro atoms. The molecule has 5 aromatic carbocycles. The fourth-order valence-corrected chi connectivity index (χ4v) is 5.59. The van der Waals surface area contributed by atoms with Crippen LogP contribution in [0.15, 0.2) is 109 Å². The summed E-state index contributed by atoms with van der Waals surface area (Å²) in [4.78, 5) is 43.8. The summed E-state index contributed by atoms with van der Waals surface area (Å²) < 4.78 is 0. The van der Waals surface area contributed by atoms with Crippen LogP contribution in [0.2, 0.25) is 0 Å². The third-order valence-corrected chi connectivity index (χ3v) is 8.27. The molecule has 0 atom stereocenters. The molecule has 0 unspecified atom stereocenters. The Bertz CT molecular complexity index is 2360. The van der Waals surface area contributed by atoms with Crippen LogP contribution in [0.3, 0.4) is 0 Å². The third-order valence-electron chi connectivity index (χ3n) is 8.27. The lowest BCUT2D eigenvalue weighted by atomic mass is 10.0. The molecular formula is C40H33N7O2. The second-order valence-corrected chi connectivity index (χ2v) is 12.0. The molecule has 7 aromatic rings. The summed E-state index contributed by atoms with van der Waals surface area (Å²) in [5, 5.41) is 5.83.